The number of anilines is 1. The molecule has 2 N–H and O–H groups in total. The fraction of sp³-hybridized carbons (Fsp3) is 0.364. The number of carbonyl (C=O) groups is 1. The van der Waals surface area contributed by atoms with Gasteiger partial charge in [0.05, 0.1) is 15.4 Å². The van der Waals surface area contributed by atoms with Gasteiger partial charge in [-0.2, -0.15) is 0 Å². The molecule has 0 bridgehead atoms. The number of nitro groups is 1. The minimum absolute atomic E-state index is 0.0213. The lowest BCUT2D eigenvalue weighted by molar-refractivity contribution is -0.385. The Hall–Kier alpha value is -1.47. The van der Waals surface area contributed by atoms with Gasteiger partial charge in [-0.15, -0.1) is 0 Å². The van der Waals surface area contributed by atoms with Gasteiger partial charge >= 0.3 is 0 Å². The number of amides is 1. The topological polar surface area (TPSA) is 84.3 Å². The molecule has 0 aromatic heterocycles. The Bertz CT molecular complexity index is 486. The minimum atomic E-state index is -0.478. The number of nitrogens with zero attached hydrogens (tertiary/aromatic N) is 1. The van der Waals surface area contributed by atoms with Crippen LogP contribution in [0.1, 0.15) is 12.8 Å². The number of benzene rings is 1. The summed E-state index contributed by atoms with van der Waals surface area (Å²) in [7, 11) is 0. The van der Waals surface area contributed by atoms with Crippen LogP contribution in [0.2, 0.25) is 0 Å². The number of carbonyl (C=O) groups excluding carboxylic acids is 1. The highest BCUT2D eigenvalue weighted by Gasteiger charge is 2.22. The average Bonchev–Trinajstić information content (AvgIpc) is 2.81. The summed E-state index contributed by atoms with van der Waals surface area (Å²) in [6, 6.07) is 4.25. The molecule has 96 valence electrons. The SMILES string of the molecule is O=C(Nc1ccc([N+](=O)[O-])c(Br)c1)C1CCCN1. The molecular weight excluding hydrogens is 302 g/mol. The zero-order valence-corrected chi connectivity index (χ0v) is 11.1. The number of hydrogen-bond acceptors (Lipinski definition) is 4. The van der Waals surface area contributed by atoms with Crippen LogP contribution in [0, 0.1) is 10.1 Å². The first-order valence-corrected chi connectivity index (χ1v) is 6.35. The molecule has 1 heterocycles. The second-order valence-electron chi connectivity index (χ2n) is 4.06. The summed E-state index contributed by atoms with van der Waals surface area (Å²) in [4.78, 5) is 22.0. The molecule has 1 atom stereocenters. The molecule has 1 aromatic rings. The first kappa shape index (κ1) is 13.0. The van der Waals surface area contributed by atoms with Crippen LogP contribution in [-0.4, -0.2) is 23.4 Å². The van der Waals surface area contributed by atoms with Crippen LogP contribution in [0.4, 0.5) is 11.4 Å². The van der Waals surface area contributed by atoms with Gasteiger partial charge in [-0.25, -0.2) is 0 Å². The van der Waals surface area contributed by atoms with Gasteiger partial charge in [0, 0.05) is 11.8 Å². The Morgan fingerprint density at radius 1 is 1.56 bits per heavy atom. The highest BCUT2D eigenvalue weighted by atomic mass is 79.9. The lowest BCUT2D eigenvalue weighted by atomic mass is 10.2. The summed E-state index contributed by atoms with van der Waals surface area (Å²) >= 11 is 3.11. The predicted molar refractivity (Wildman–Crippen MR) is 70.5 cm³/mol. The third-order valence-electron chi connectivity index (χ3n) is 2.79. The number of rotatable bonds is 3. The van der Waals surface area contributed by atoms with Gasteiger partial charge < -0.3 is 10.6 Å². The van der Waals surface area contributed by atoms with Gasteiger partial charge in [-0.05, 0) is 47.4 Å². The van der Waals surface area contributed by atoms with E-state index in [0.717, 1.165) is 19.4 Å². The van der Waals surface area contributed by atoms with E-state index in [-0.39, 0.29) is 17.6 Å². The molecule has 0 spiro atoms. The largest absolute Gasteiger partial charge is 0.325 e. The van der Waals surface area contributed by atoms with Crippen molar-refractivity contribution in [3.8, 4) is 0 Å². The standard InChI is InChI=1S/C11H12BrN3O3/c12-8-6-7(3-4-10(8)15(17)18)14-11(16)9-2-1-5-13-9/h3-4,6,9,13H,1-2,5H2,(H,14,16). The molecule has 1 saturated heterocycles. The Kier molecular flexibility index (Phi) is 3.93. The molecule has 6 nitrogen and oxygen atoms in total. The van der Waals surface area contributed by atoms with E-state index in [1.54, 1.807) is 0 Å². The molecule has 1 aromatic carbocycles. The van der Waals surface area contributed by atoms with Crippen molar-refractivity contribution in [1.29, 1.82) is 0 Å². The van der Waals surface area contributed by atoms with Crippen LogP contribution in [0.5, 0.6) is 0 Å². The second-order valence-corrected chi connectivity index (χ2v) is 4.92. The molecule has 0 radical (unpaired) electrons. The molecule has 1 amide bonds. The van der Waals surface area contributed by atoms with Crippen molar-refractivity contribution in [3.05, 3.63) is 32.8 Å². The zero-order chi connectivity index (χ0) is 13.1. The molecule has 0 saturated carbocycles. The van der Waals surface area contributed by atoms with Crippen molar-refractivity contribution in [2.24, 2.45) is 0 Å². The van der Waals surface area contributed by atoms with Crippen molar-refractivity contribution in [2.75, 3.05) is 11.9 Å². The van der Waals surface area contributed by atoms with E-state index in [1.807, 2.05) is 0 Å². The first-order chi connectivity index (χ1) is 8.58. The van der Waals surface area contributed by atoms with Crippen LogP contribution >= 0.6 is 15.9 Å². The van der Waals surface area contributed by atoms with Crippen molar-refractivity contribution in [2.45, 2.75) is 18.9 Å². The van der Waals surface area contributed by atoms with E-state index < -0.39 is 4.92 Å². The Morgan fingerprint density at radius 2 is 2.33 bits per heavy atom. The van der Waals surface area contributed by atoms with Crippen LogP contribution in [0.25, 0.3) is 0 Å². The number of hydrogen-bond donors (Lipinski definition) is 2. The van der Waals surface area contributed by atoms with Crippen LogP contribution in [0.3, 0.4) is 0 Å². The third-order valence-corrected chi connectivity index (χ3v) is 3.42. The molecule has 7 heteroatoms. The molecule has 1 aliphatic rings. The third kappa shape index (κ3) is 2.85. The molecule has 0 aliphatic carbocycles. The fourth-order valence-electron chi connectivity index (χ4n) is 1.87. The van der Waals surface area contributed by atoms with E-state index in [1.165, 1.54) is 18.2 Å². The summed E-state index contributed by atoms with van der Waals surface area (Å²) in [5, 5.41) is 16.5. The van der Waals surface area contributed by atoms with Gasteiger partial charge in [0.15, 0.2) is 0 Å². The van der Waals surface area contributed by atoms with E-state index in [4.69, 9.17) is 0 Å². The van der Waals surface area contributed by atoms with Crippen molar-refractivity contribution < 1.29 is 9.72 Å². The maximum atomic E-state index is 11.8. The maximum Gasteiger partial charge on any atom is 0.283 e. The lowest BCUT2D eigenvalue weighted by Crippen LogP contribution is -2.35. The normalized spacial score (nSPS) is 18.6. The van der Waals surface area contributed by atoms with Gasteiger partial charge in [-0.1, -0.05) is 0 Å². The highest BCUT2D eigenvalue weighted by Crippen LogP contribution is 2.27. The Balaban J connectivity index is 2.07. The van der Waals surface area contributed by atoms with E-state index in [9.17, 15) is 14.9 Å². The van der Waals surface area contributed by atoms with Gasteiger partial charge in [-0.3, -0.25) is 14.9 Å². The van der Waals surface area contributed by atoms with Gasteiger partial charge in [0.2, 0.25) is 5.91 Å². The summed E-state index contributed by atoms with van der Waals surface area (Å²) in [6.45, 7) is 0.849. The van der Waals surface area contributed by atoms with Crippen molar-refractivity contribution in [1.82, 2.24) is 5.32 Å². The second kappa shape index (κ2) is 5.45. The highest BCUT2D eigenvalue weighted by molar-refractivity contribution is 9.10. The smallest absolute Gasteiger partial charge is 0.283 e. The summed E-state index contributed by atoms with van der Waals surface area (Å²) in [6.07, 6.45) is 1.81. The molecular formula is C11H12BrN3O3. The number of nitro benzene ring substituents is 1. The Morgan fingerprint density at radius 3 is 2.89 bits per heavy atom. The first-order valence-electron chi connectivity index (χ1n) is 5.56. The zero-order valence-electron chi connectivity index (χ0n) is 9.48. The average molecular weight is 314 g/mol. The van der Waals surface area contributed by atoms with E-state index in [0.29, 0.717) is 10.2 Å². The van der Waals surface area contributed by atoms with Gasteiger partial charge in [0.25, 0.3) is 5.69 Å². The lowest BCUT2D eigenvalue weighted by Gasteiger charge is -2.11. The van der Waals surface area contributed by atoms with E-state index >= 15 is 0 Å². The summed E-state index contributed by atoms with van der Waals surface area (Å²) < 4.78 is 0.352. The van der Waals surface area contributed by atoms with Crippen LogP contribution in [0.15, 0.2) is 22.7 Å². The quantitative estimate of drug-likeness (QED) is 0.660. The molecule has 1 fully saturated rings. The van der Waals surface area contributed by atoms with Crippen LogP contribution < -0.4 is 10.6 Å². The monoisotopic (exact) mass is 313 g/mol. The van der Waals surface area contributed by atoms with Crippen molar-refractivity contribution in [3.63, 3.8) is 0 Å². The minimum Gasteiger partial charge on any atom is -0.325 e. The molecule has 1 aliphatic heterocycles. The molecule has 2 rings (SSSR count). The Labute approximate surface area is 112 Å². The fourth-order valence-corrected chi connectivity index (χ4v) is 2.39. The van der Waals surface area contributed by atoms with Gasteiger partial charge in [0.1, 0.15) is 0 Å². The maximum absolute atomic E-state index is 11.8. The number of nitrogens with one attached hydrogen (secondary N) is 2. The molecule has 18 heavy (non-hydrogen) atoms. The van der Waals surface area contributed by atoms with E-state index in [2.05, 4.69) is 26.6 Å². The van der Waals surface area contributed by atoms with Crippen molar-refractivity contribution >= 4 is 33.2 Å². The molecule has 1 unspecified atom stereocenters. The van der Waals surface area contributed by atoms with Crippen LogP contribution in [-0.2, 0) is 4.79 Å². The predicted octanol–water partition coefficient (Wildman–Crippen LogP) is 2.05. The summed E-state index contributed by atoms with van der Waals surface area (Å²) in [5.74, 6) is -0.103. The summed E-state index contributed by atoms with van der Waals surface area (Å²) in [5.41, 5.74) is 0.526. The number of halogens is 1.